The van der Waals surface area contributed by atoms with Gasteiger partial charge in [-0.2, -0.15) is 0 Å². The lowest BCUT2D eigenvalue weighted by Crippen LogP contribution is -2.27. The Bertz CT molecular complexity index is 739. The lowest BCUT2D eigenvalue weighted by molar-refractivity contribution is 0.0949. The van der Waals surface area contributed by atoms with E-state index in [-0.39, 0.29) is 11.9 Å². The highest BCUT2D eigenvalue weighted by atomic mass is 16.5. The van der Waals surface area contributed by atoms with E-state index in [1.54, 1.807) is 6.92 Å². The van der Waals surface area contributed by atoms with Gasteiger partial charge in [-0.3, -0.25) is 4.79 Å². The Morgan fingerprint density at radius 3 is 2.46 bits per heavy atom. The third-order valence-electron chi connectivity index (χ3n) is 3.79. The van der Waals surface area contributed by atoms with Gasteiger partial charge in [0.15, 0.2) is 0 Å². The topological polar surface area (TPSA) is 90.1 Å². The predicted octanol–water partition coefficient (Wildman–Crippen LogP) is 2.87. The van der Waals surface area contributed by atoms with Gasteiger partial charge in [-0.1, -0.05) is 18.2 Å². The molecule has 1 aromatic heterocycles. The number of benzene rings is 1. The number of carbonyl (C=O) groups excluding carboxylic acids is 1. The second-order valence-corrected chi connectivity index (χ2v) is 5.77. The van der Waals surface area contributed by atoms with Crippen molar-refractivity contribution in [3.05, 3.63) is 46.3 Å². The van der Waals surface area contributed by atoms with E-state index in [1.807, 2.05) is 45.9 Å². The predicted molar refractivity (Wildman–Crippen MR) is 94.1 cm³/mol. The van der Waals surface area contributed by atoms with Crippen LogP contribution in [0.4, 0.5) is 5.95 Å². The summed E-state index contributed by atoms with van der Waals surface area (Å²) in [5.41, 5.74) is 9.30. The number of aryl methyl sites for hydroxylation is 3. The van der Waals surface area contributed by atoms with Crippen LogP contribution in [0.25, 0.3) is 0 Å². The number of hydrogen-bond acceptors (Lipinski definition) is 5. The van der Waals surface area contributed by atoms with E-state index < -0.39 is 6.10 Å². The molecule has 0 aliphatic carbocycles. The molecule has 1 atom stereocenters. The van der Waals surface area contributed by atoms with Crippen molar-refractivity contribution in [1.82, 2.24) is 15.3 Å². The highest BCUT2D eigenvalue weighted by Crippen LogP contribution is 2.29. The second-order valence-electron chi connectivity index (χ2n) is 5.77. The van der Waals surface area contributed by atoms with E-state index in [9.17, 15) is 4.79 Å². The van der Waals surface area contributed by atoms with Crippen molar-refractivity contribution >= 4 is 11.9 Å². The van der Waals surface area contributed by atoms with Crippen LogP contribution in [-0.2, 0) is 0 Å². The minimum absolute atomic E-state index is 0.132. The van der Waals surface area contributed by atoms with Crippen LogP contribution in [0.3, 0.4) is 0 Å². The Morgan fingerprint density at radius 2 is 1.88 bits per heavy atom. The minimum atomic E-state index is -0.439. The molecule has 0 spiro atoms. The largest absolute Gasteiger partial charge is 0.484 e. The molecule has 0 fully saturated rings. The van der Waals surface area contributed by atoms with Gasteiger partial charge in [0.1, 0.15) is 11.9 Å². The Balaban J connectivity index is 2.45. The third-order valence-corrected chi connectivity index (χ3v) is 3.79. The van der Waals surface area contributed by atoms with Crippen molar-refractivity contribution < 1.29 is 9.53 Å². The first-order valence-corrected chi connectivity index (χ1v) is 8.00. The molecule has 6 heteroatoms. The molecule has 1 unspecified atom stereocenters. The van der Waals surface area contributed by atoms with Gasteiger partial charge in [0.2, 0.25) is 5.95 Å². The van der Waals surface area contributed by atoms with Gasteiger partial charge >= 0.3 is 0 Å². The molecule has 0 aliphatic heterocycles. The van der Waals surface area contributed by atoms with Gasteiger partial charge in [-0.15, -0.1) is 0 Å². The van der Waals surface area contributed by atoms with Crippen LogP contribution in [-0.4, -0.2) is 22.4 Å². The summed E-state index contributed by atoms with van der Waals surface area (Å²) >= 11 is 0. The zero-order valence-corrected chi connectivity index (χ0v) is 14.8. The summed E-state index contributed by atoms with van der Waals surface area (Å²) in [5.74, 6) is 0.705. The Kier molecular flexibility index (Phi) is 5.39. The van der Waals surface area contributed by atoms with Gasteiger partial charge in [0, 0.05) is 6.54 Å². The molecule has 0 aliphatic rings. The molecule has 3 N–H and O–H groups in total. The number of carbonyl (C=O) groups is 1. The van der Waals surface area contributed by atoms with E-state index in [0.29, 0.717) is 23.5 Å². The molecule has 6 nitrogen and oxygen atoms in total. The first kappa shape index (κ1) is 17.7. The fraction of sp³-hybridized carbons (Fsp3) is 0.389. The number of para-hydroxylation sites is 1. The zero-order chi connectivity index (χ0) is 17.9. The number of rotatable bonds is 5. The van der Waals surface area contributed by atoms with Crippen LogP contribution >= 0.6 is 0 Å². The summed E-state index contributed by atoms with van der Waals surface area (Å²) in [6.45, 7) is 9.96. The van der Waals surface area contributed by atoms with Crippen molar-refractivity contribution in [3.8, 4) is 5.75 Å². The van der Waals surface area contributed by atoms with Gasteiger partial charge in [-0.05, 0) is 45.7 Å². The maximum absolute atomic E-state index is 12.4. The number of ether oxygens (including phenoxy) is 1. The quantitative estimate of drug-likeness (QED) is 0.881. The van der Waals surface area contributed by atoms with E-state index in [0.717, 1.165) is 16.9 Å². The Morgan fingerprint density at radius 1 is 1.25 bits per heavy atom. The number of nitrogen functional groups attached to an aromatic ring is 1. The molecule has 0 saturated carbocycles. The molecule has 2 aromatic rings. The van der Waals surface area contributed by atoms with Crippen molar-refractivity contribution in [3.63, 3.8) is 0 Å². The highest BCUT2D eigenvalue weighted by molar-refractivity contribution is 5.96. The molecule has 1 aromatic carbocycles. The minimum Gasteiger partial charge on any atom is -0.484 e. The SMILES string of the molecule is CCNC(=O)c1c(C)nc(N)nc1C(C)Oc1c(C)cccc1C. The first-order valence-electron chi connectivity index (χ1n) is 8.00. The molecule has 128 valence electrons. The maximum atomic E-state index is 12.4. The maximum Gasteiger partial charge on any atom is 0.255 e. The fourth-order valence-electron chi connectivity index (χ4n) is 2.66. The van der Waals surface area contributed by atoms with Gasteiger partial charge < -0.3 is 15.8 Å². The third kappa shape index (κ3) is 3.64. The van der Waals surface area contributed by atoms with E-state index in [1.165, 1.54) is 0 Å². The van der Waals surface area contributed by atoms with Gasteiger partial charge in [-0.25, -0.2) is 9.97 Å². The smallest absolute Gasteiger partial charge is 0.255 e. The molecule has 1 heterocycles. The normalized spacial score (nSPS) is 11.9. The molecule has 0 radical (unpaired) electrons. The lowest BCUT2D eigenvalue weighted by Gasteiger charge is -2.21. The molecule has 0 bridgehead atoms. The standard InChI is InChI=1S/C18H24N4O2/c1-6-20-17(23)14-12(4)21-18(19)22-15(14)13(5)24-16-10(2)8-7-9-11(16)3/h7-9,13H,6H2,1-5H3,(H,20,23)(H2,19,21,22). The van der Waals surface area contributed by atoms with E-state index >= 15 is 0 Å². The van der Waals surface area contributed by atoms with E-state index in [2.05, 4.69) is 15.3 Å². The first-order chi connectivity index (χ1) is 11.3. The summed E-state index contributed by atoms with van der Waals surface area (Å²) in [4.78, 5) is 20.8. The van der Waals surface area contributed by atoms with Crippen LogP contribution in [0.2, 0.25) is 0 Å². The Labute approximate surface area is 142 Å². The number of hydrogen-bond donors (Lipinski definition) is 2. The van der Waals surface area contributed by atoms with Crippen molar-refractivity contribution in [2.24, 2.45) is 0 Å². The number of nitrogens with one attached hydrogen (secondary N) is 1. The summed E-state index contributed by atoms with van der Waals surface area (Å²) in [5, 5.41) is 2.79. The zero-order valence-electron chi connectivity index (χ0n) is 14.8. The van der Waals surface area contributed by atoms with Gasteiger partial charge in [0.05, 0.1) is 17.0 Å². The average Bonchev–Trinajstić information content (AvgIpc) is 2.50. The van der Waals surface area contributed by atoms with E-state index in [4.69, 9.17) is 10.5 Å². The molecule has 2 rings (SSSR count). The Hall–Kier alpha value is -2.63. The molecular formula is C18H24N4O2. The van der Waals surface area contributed by atoms with Crippen LogP contribution in [0, 0.1) is 20.8 Å². The fourth-order valence-corrected chi connectivity index (χ4v) is 2.66. The van der Waals surface area contributed by atoms with Crippen LogP contribution in [0.15, 0.2) is 18.2 Å². The molecular weight excluding hydrogens is 304 g/mol. The van der Waals surface area contributed by atoms with Crippen LogP contribution in [0.5, 0.6) is 5.75 Å². The van der Waals surface area contributed by atoms with Crippen LogP contribution < -0.4 is 15.8 Å². The van der Waals surface area contributed by atoms with Crippen LogP contribution in [0.1, 0.15) is 52.8 Å². The lowest BCUT2D eigenvalue weighted by atomic mass is 10.1. The van der Waals surface area contributed by atoms with Crippen molar-refractivity contribution in [1.29, 1.82) is 0 Å². The molecule has 24 heavy (non-hydrogen) atoms. The number of amides is 1. The van der Waals surface area contributed by atoms with Crippen molar-refractivity contribution in [2.75, 3.05) is 12.3 Å². The second kappa shape index (κ2) is 7.29. The number of anilines is 1. The number of nitrogens with two attached hydrogens (primary N) is 1. The number of nitrogens with zero attached hydrogens (tertiary/aromatic N) is 2. The monoisotopic (exact) mass is 328 g/mol. The van der Waals surface area contributed by atoms with Gasteiger partial charge in [0.25, 0.3) is 5.91 Å². The highest BCUT2D eigenvalue weighted by Gasteiger charge is 2.23. The van der Waals surface area contributed by atoms with Crippen molar-refractivity contribution in [2.45, 2.75) is 40.7 Å². The summed E-state index contributed by atoms with van der Waals surface area (Å²) in [6.07, 6.45) is -0.439. The molecule has 1 amide bonds. The summed E-state index contributed by atoms with van der Waals surface area (Å²) in [6, 6.07) is 5.95. The number of aromatic nitrogens is 2. The molecule has 0 saturated heterocycles. The summed E-state index contributed by atoms with van der Waals surface area (Å²) in [7, 11) is 0. The average molecular weight is 328 g/mol. The summed E-state index contributed by atoms with van der Waals surface area (Å²) < 4.78 is 6.12.